The van der Waals surface area contributed by atoms with E-state index < -0.39 is 11.7 Å². The lowest BCUT2D eigenvalue weighted by Crippen LogP contribution is -2.36. The molecule has 0 aliphatic heterocycles. The molecule has 0 amide bonds. The van der Waals surface area contributed by atoms with Crippen LogP contribution in [0.1, 0.15) is 214 Å². The normalized spacial score (nSPS) is 11.8. The lowest BCUT2D eigenvalue weighted by Gasteiger charge is -2.29. The van der Waals surface area contributed by atoms with Crippen LogP contribution < -0.4 is 0 Å². The molecule has 0 rings (SSSR count). The molecule has 0 heterocycles. The van der Waals surface area contributed by atoms with Gasteiger partial charge in [0.2, 0.25) is 0 Å². The van der Waals surface area contributed by atoms with Crippen molar-refractivity contribution < 1.29 is 19.1 Å². The molecule has 0 spiro atoms. The van der Waals surface area contributed by atoms with E-state index in [1.807, 2.05) is 20.8 Å². The van der Waals surface area contributed by atoms with Crippen molar-refractivity contribution in [3.8, 4) is 0 Å². The fraction of sp³-hybridized carbons (Fsp3) is 0.946. The third-order valence-electron chi connectivity index (χ3n) is 8.15. The molecule has 0 aliphatic carbocycles. The van der Waals surface area contributed by atoms with E-state index in [0.29, 0.717) is 12.8 Å². The Kier molecular flexibility index (Phi) is 28.3. The fourth-order valence-electron chi connectivity index (χ4n) is 5.31. The molecule has 0 aromatic heterocycles. The summed E-state index contributed by atoms with van der Waals surface area (Å²) in [5.41, 5.74) is -0.433. The molecule has 4 heteroatoms. The topological polar surface area (TPSA) is 52.6 Å². The van der Waals surface area contributed by atoms with Gasteiger partial charge >= 0.3 is 11.9 Å². The summed E-state index contributed by atoms with van der Waals surface area (Å²) in [6.07, 6.45) is 33.3. The van der Waals surface area contributed by atoms with Gasteiger partial charge in [0, 0.05) is 18.3 Å². The van der Waals surface area contributed by atoms with E-state index in [0.717, 1.165) is 25.7 Å². The zero-order valence-corrected chi connectivity index (χ0v) is 28.5. The highest BCUT2D eigenvalue weighted by Gasteiger charge is 2.31. The number of hydrogen-bond acceptors (Lipinski definition) is 4. The largest absolute Gasteiger partial charge is 0.425 e. The first kappa shape index (κ1) is 39.9. The number of carbonyl (C=O) groups is 2. The Morgan fingerprint density at radius 2 is 0.634 bits per heavy atom. The average molecular weight is 581 g/mol. The molecule has 0 bridgehead atoms. The minimum atomic E-state index is -0.813. The predicted octanol–water partition coefficient (Wildman–Crippen LogP) is 12.4. The first-order chi connectivity index (χ1) is 19.8. The average Bonchev–Trinajstić information content (AvgIpc) is 2.93. The second-order valence-corrected chi connectivity index (χ2v) is 13.7. The van der Waals surface area contributed by atoms with Gasteiger partial charge < -0.3 is 9.47 Å². The van der Waals surface area contributed by atoms with E-state index in [4.69, 9.17) is 9.47 Å². The van der Waals surface area contributed by atoms with Crippen LogP contribution in [0.3, 0.4) is 0 Å². The van der Waals surface area contributed by atoms with Crippen LogP contribution in [0.15, 0.2) is 0 Å². The van der Waals surface area contributed by atoms with Crippen LogP contribution in [0.4, 0.5) is 0 Å². The highest BCUT2D eigenvalue weighted by molar-refractivity contribution is 5.71. The van der Waals surface area contributed by atoms with Gasteiger partial charge in [0.1, 0.15) is 0 Å². The first-order valence-corrected chi connectivity index (χ1v) is 18.2. The second-order valence-electron chi connectivity index (χ2n) is 13.7. The van der Waals surface area contributed by atoms with Crippen molar-refractivity contribution in [2.75, 3.05) is 0 Å². The van der Waals surface area contributed by atoms with Gasteiger partial charge in [-0.05, 0) is 12.8 Å². The van der Waals surface area contributed by atoms with E-state index in [9.17, 15) is 9.59 Å². The summed E-state index contributed by atoms with van der Waals surface area (Å²) in [6, 6.07) is 0. The molecule has 0 aliphatic rings. The van der Waals surface area contributed by atoms with Gasteiger partial charge in [-0.15, -0.1) is 0 Å². The van der Waals surface area contributed by atoms with E-state index in [-0.39, 0.29) is 11.9 Å². The standard InChI is InChI=1S/C37H72O4/c1-6-8-10-12-14-16-18-20-22-24-26-28-30-32-34(38)40-36(37(3,4)5)41-35(39)33-31-29-27-25-23-21-19-17-15-13-11-9-7-2/h36H,6-33H2,1-5H3. The molecule has 0 radical (unpaired) electrons. The zero-order chi connectivity index (χ0) is 30.4. The number of hydrogen-bond donors (Lipinski definition) is 0. The van der Waals surface area contributed by atoms with Crippen molar-refractivity contribution >= 4 is 11.9 Å². The zero-order valence-electron chi connectivity index (χ0n) is 28.5. The van der Waals surface area contributed by atoms with Gasteiger partial charge in [-0.3, -0.25) is 9.59 Å². The summed E-state index contributed by atoms with van der Waals surface area (Å²) in [6.45, 7) is 10.4. The van der Waals surface area contributed by atoms with E-state index >= 15 is 0 Å². The maximum absolute atomic E-state index is 12.5. The quantitative estimate of drug-likeness (QED) is 0.0481. The molecule has 41 heavy (non-hydrogen) atoms. The van der Waals surface area contributed by atoms with Crippen molar-refractivity contribution in [1.29, 1.82) is 0 Å². The van der Waals surface area contributed by atoms with Gasteiger partial charge in [0.15, 0.2) is 0 Å². The molecule has 0 saturated heterocycles. The molecule has 0 aromatic rings. The Balaban J connectivity index is 3.80. The lowest BCUT2D eigenvalue weighted by atomic mass is 9.96. The fourth-order valence-corrected chi connectivity index (χ4v) is 5.31. The van der Waals surface area contributed by atoms with Crippen molar-refractivity contribution in [3.63, 3.8) is 0 Å². The smallest absolute Gasteiger partial charge is 0.308 e. The highest BCUT2D eigenvalue weighted by Crippen LogP contribution is 2.25. The van der Waals surface area contributed by atoms with Crippen LogP contribution in [0.5, 0.6) is 0 Å². The minimum Gasteiger partial charge on any atom is -0.425 e. The minimum absolute atomic E-state index is 0.248. The van der Waals surface area contributed by atoms with Crippen molar-refractivity contribution in [3.05, 3.63) is 0 Å². The number of carbonyl (C=O) groups excluding carboxylic acids is 2. The van der Waals surface area contributed by atoms with Crippen LogP contribution in [-0.4, -0.2) is 18.2 Å². The molecule has 0 saturated carbocycles. The van der Waals surface area contributed by atoms with Crippen molar-refractivity contribution in [2.45, 2.75) is 221 Å². The Bertz CT molecular complexity index is 536. The SMILES string of the molecule is CCCCCCCCCCCCCCCC(=O)OC(OC(=O)CCCCCCCCCCCCCCC)C(C)(C)C. The summed E-state index contributed by atoms with van der Waals surface area (Å²) in [5, 5.41) is 0. The summed E-state index contributed by atoms with van der Waals surface area (Å²) >= 11 is 0. The molecule has 0 atom stereocenters. The number of rotatable bonds is 30. The first-order valence-electron chi connectivity index (χ1n) is 18.2. The van der Waals surface area contributed by atoms with Crippen LogP contribution in [0, 0.1) is 5.41 Å². The van der Waals surface area contributed by atoms with Gasteiger partial charge in [-0.1, -0.05) is 189 Å². The van der Waals surface area contributed by atoms with Gasteiger partial charge in [-0.25, -0.2) is 0 Å². The predicted molar refractivity (Wildman–Crippen MR) is 176 cm³/mol. The van der Waals surface area contributed by atoms with Crippen LogP contribution in [0.2, 0.25) is 0 Å². The molecule has 0 fully saturated rings. The summed E-state index contributed by atoms with van der Waals surface area (Å²) in [7, 11) is 0. The summed E-state index contributed by atoms with van der Waals surface area (Å²) < 4.78 is 11.3. The van der Waals surface area contributed by atoms with Gasteiger partial charge in [0.05, 0.1) is 0 Å². The van der Waals surface area contributed by atoms with Gasteiger partial charge in [-0.2, -0.15) is 0 Å². The third-order valence-corrected chi connectivity index (χ3v) is 8.15. The lowest BCUT2D eigenvalue weighted by molar-refractivity contribution is -0.207. The maximum atomic E-state index is 12.5. The van der Waals surface area contributed by atoms with Crippen LogP contribution >= 0.6 is 0 Å². The van der Waals surface area contributed by atoms with Gasteiger partial charge in [0.25, 0.3) is 6.29 Å². The highest BCUT2D eigenvalue weighted by atomic mass is 16.7. The Hall–Kier alpha value is -1.06. The molecular formula is C37H72O4. The maximum Gasteiger partial charge on any atom is 0.308 e. The van der Waals surface area contributed by atoms with Crippen LogP contribution in [0.25, 0.3) is 0 Å². The summed E-state index contributed by atoms with van der Waals surface area (Å²) in [5.74, 6) is -0.497. The Morgan fingerprint density at radius 3 is 0.854 bits per heavy atom. The Labute approximate surface area is 256 Å². The molecule has 0 N–H and O–H groups in total. The molecule has 244 valence electrons. The molecule has 0 aromatic carbocycles. The van der Waals surface area contributed by atoms with Crippen LogP contribution in [-0.2, 0) is 19.1 Å². The van der Waals surface area contributed by atoms with Crippen molar-refractivity contribution in [2.24, 2.45) is 5.41 Å². The number of ether oxygens (including phenoxy) is 2. The number of unbranched alkanes of at least 4 members (excludes halogenated alkanes) is 24. The van der Waals surface area contributed by atoms with E-state index in [2.05, 4.69) is 13.8 Å². The van der Waals surface area contributed by atoms with Crippen molar-refractivity contribution in [1.82, 2.24) is 0 Å². The Morgan fingerprint density at radius 1 is 0.415 bits per heavy atom. The summed E-state index contributed by atoms with van der Waals surface area (Å²) in [4.78, 5) is 24.9. The third kappa shape index (κ3) is 28.8. The molecule has 0 unspecified atom stereocenters. The number of esters is 2. The second kappa shape index (κ2) is 29.0. The van der Waals surface area contributed by atoms with E-state index in [1.54, 1.807) is 0 Å². The molecular weight excluding hydrogens is 508 g/mol. The van der Waals surface area contributed by atoms with E-state index in [1.165, 1.54) is 141 Å². The monoisotopic (exact) mass is 581 g/mol. The molecule has 4 nitrogen and oxygen atoms in total.